The molecule has 2 atom stereocenters. The van der Waals surface area contributed by atoms with Gasteiger partial charge < -0.3 is 5.32 Å². The lowest BCUT2D eigenvalue weighted by Crippen LogP contribution is -2.59. The van der Waals surface area contributed by atoms with Crippen LogP contribution >= 0.6 is 0 Å². The van der Waals surface area contributed by atoms with Crippen LogP contribution in [0.2, 0.25) is 0 Å². The second-order valence-corrected chi connectivity index (χ2v) is 5.13. The smallest absolute Gasteiger partial charge is 0.237 e. The van der Waals surface area contributed by atoms with Crippen molar-refractivity contribution < 1.29 is 4.79 Å². The summed E-state index contributed by atoms with van der Waals surface area (Å²) in [6, 6.07) is 0.448. The lowest BCUT2D eigenvalue weighted by Gasteiger charge is -2.40. The zero-order valence-corrected chi connectivity index (χ0v) is 9.83. The van der Waals surface area contributed by atoms with E-state index >= 15 is 0 Å². The van der Waals surface area contributed by atoms with E-state index in [4.69, 9.17) is 0 Å². The van der Waals surface area contributed by atoms with Gasteiger partial charge in [0.2, 0.25) is 5.91 Å². The molecule has 1 amide bonds. The van der Waals surface area contributed by atoms with E-state index in [0.29, 0.717) is 6.04 Å². The molecule has 1 heterocycles. The molecule has 0 spiro atoms. The Morgan fingerprint density at radius 2 is 1.93 bits per heavy atom. The van der Waals surface area contributed by atoms with Crippen molar-refractivity contribution in [1.29, 1.82) is 0 Å². The third-order valence-corrected chi connectivity index (χ3v) is 4.07. The molecule has 1 N–H and O–H groups in total. The monoisotopic (exact) mass is 210 g/mol. The number of hydrogen-bond donors (Lipinski definition) is 1. The summed E-state index contributed by atoms with van der Waals surface area (Å²) in [6.45, 7) is 3.00. The maximum atomic E-state index is 11.7. The lowest BCUT2D eigenvalue weighted by atomic mass is 9.83. The van der Waals surface area contributed by atoms with Gasteiger partial charge in [0.05, 0.1) is 6.04 Å². The van der Waals surface area contributed by atoms with Crippen LogP contribution < -0.4 is 5.32 Å². The number of likely N-dealkylation sites (N-methyl/N-ethyl adjacent to an activating group) is 1. The summed E-state index contributed by atoms with van der Waals surface area (Å²) >= 11 is 0. The highest BCUT2D eigenvalue weighted by Crippen LogP contribution is 2.28. The molecule has 86 valence electrons. The molecule has 1 aliphatic heterocycles. The van der Waals surface area contributed by atoms with E-state index in [2.05, 4.69) is 17.3 Å². The highest BCUT2D eigenvalue weighted by Gasteiger charge is 2.33. The SMILES string of the molecule is CC1C(=O)NC(C2CCCCC2)CN1C. The van der Waals surface area contributed by atoms with E-state index in [1.54, 1.807) is 0 Å². The molecule has 15 heavy (non-hydrogen) atoms. The molecule has 3 nitrogen and oxygen atoms in total. The first-order chi connectivity index (χ1) is 7.18. The van der Waals surface area contributed by atoms with Crippen LogP contribution in [0.4, 0.5) is 0 Å². The van der Waals surface area contributed by atoms with Crippen LogP contribution in [0.15, 0.2) is 0 Å². The predicted molar refractivity (Wildman–Crippen MR) is 60.6 cm³/mol. The first-order valence-corrected chi connectivity index (χ1v) is 6.19. The van der Waals surface area contributed by atoms with Gasteiger partial charge in [-0.05, 0) is 32.7 Å². The fraction of sp³-hybridized carbons (Fsp3) is 0.917. The van der Waals surface area contributed by atoms with Gasteiger partial charge in [0.1, 0.15) is 0 Å². The van der Waals surface area contributed by atoms with Crippen LogP contribution in [-0.2, 0) is 4.79 Å². The minimum absolute atomic E-state index is 0.0461. The highest BCUT2D eigenvalue weighted by atomic mass is 16.2. The van der Waals surface area contributed by atoms with E-state index in [-0.39, 0.29) is 11.9 Å². The molecule has 0 aromatic carbocycles. The van der Waals surface area contributed by atoms with Crippen molar-refractivity contribution in [1.82, 2.24) is 10.2 Å². The molecule has 2 rings (SSSR count). The van der Waals surface area contributed by atoms with Gasteiger partial charge in [0.25, 0.3) is 0 Å². The van der Waals surface area contributed by atoms with E-state index in [0.717, 1.165) is 12.5 Å². The Bertz CT molecular complexity index is 236. The maximum absolute atomic E-state index is 11.7. The van der Waals surface area contributed by atoms with E-state index in [1.165, 1.54) is 32.1 Å². The molecule has 1 saturated carbocycles. The third kappa shape index (κ3) is 2.33. The number of nitrogens with one attached hydrogen (secondary N) is 1. The molecule has 0 aromatic heterocycles. The third-order valence-electron chi connectivity index (χ3n) is 4.07. The molecular formula is C12H22N2O. The Morgan fingerprint density at radius 3 is 2.53 bits per heavy atom. The topological polar surface area (TPSA) is 32.3 Å². The van der Waals surface area contributed by atoms with Crippen molar-refractivity contribution in [3.05, 3.63) is 0 Å². The van der Waals surface area contributed by atoms with E-state index < -0.39 is 0 Å². The van der Waals surface area contributed by atoms with Gasteiger partial charge >= 0.3 is 0 Å². The summed E-state index contributed by atoms with van der Waals surface area (Å²) in [5.74, 6) is 0.928. The quantitative estimate of drug-likeness (QED) is 0.709. The first-order valence-electron chi connectivity index (χ1n) is 6.19. The summed E-state index contributed by atoms with van der Waals surface area (Å²) in [4.78, 5) is 13.9. The van der Waals surface area contributed by atoms with Crippen LogP contribution in [0.1, 0.15) is 39.0 Å². The summed E-state index contributed by atoms with van der Waals surface area (Å²) in [5.41, 5.74) is 0. The number of nitrogens with zero attached hydrogens (tertiary/aromatic N) is 1. The van der Waals surface area contributed by atoms with Crippen LogP contribution in [0.5, 0.6) is 0 Å². The molecule has 0 bridgehead atoms. The van der Waals surface area contributed by atoms with Gasteiger partial charge in [-0.25, -0.2) is 0 Å². The number of carbonyl (C=O) groups is 1. The number of carbonyl (C=O) groups excluding carboxylic acids is 1. The first kappa shape index (κ1) is 10.9. The number of rotatable bonds is 1. The second-order valence-electron chi connectivity index (χ2n) is 5.13. The van der Waals surface area contributed by atoms with Crippen molar-refractivity contribution in [2.75, 3.05) is 13.6 Å². The zero-order valence-electron chi connectivity index (χ0n) is 9.83. The van der Waals surface area contributed by atoms with Gasteiger partial charge in [0.15, 0.2) is 0 Å². The Labute approximate surface area is 92.2 Å². The van der Waals surface area contributed by atoms with E-state index in [9.17, 15) is 4.79 Å². The van der Waals surface area contributed by atoms with Crippen LogP contribution in [0.25, 0.3) is 0 Å². The Morgan fingerprint density at radius 1 is 1.27 bits per heavy atom. The highest BCUT2D eigenvalue weighted by molar-refractivity contribution is 5.82. The van der Waals surface area contributed by atoms with Crippen molar-refractivity contribution in [2.45, 2.75) is 51.1 Å². The molecule has 2 fully saturated rings. The summed E-state index contributed by atoms with van der Waals surface area (Å²) in [5, 5.41) is 3.19. The van der Waals surface area contributed by atoms with Crippen molar-refractivity contribution in [3.63, 3.8) is 0 Å². The molecule has 2 unspecified atom stereocenters. The predicted octanol–water partition coefficient (Wildman–Crippen LogP) is 1.39. The average Bonchev–Trinajstić information content (AvgIpc) is 2.26. The molecule has 2 aliphatic rings. The average molecular weight is 210 g/mol. The summed E-state index contributed by atoms with van der Waals surface area (Å²) in [6.07, 6.45) is 6.66. The molecule has 3 heteroatoms. The number of hydrogen-bond acceptors (Lipinski definition) is 2. The summed E-state index contributed by atoms with van der Waals surface area (Å²) in [7, 11) is 2.05. The van der Waals surface area contributed by atoms with Crippen molar-refractivity contribution in [3.8, 4) is 0 Å². The van der Waals surface area contributed by atoms with Crippen LogP contribution in [0.3, 0.4) is 0 Å². The largest absolute Gasteiger partial charge is 0.350 e. The van der Waals surface area contributed by atoms with Gasteiger partial charge in [-0.2, -0.15) is 0 Å². The van der Waals surface area contributed by atoms with E-state index in [1.807, 2.05) is 6.92 Å². The zero-order chi connectivity index (χ0) is 10.8. The van der Waals surface area contributed by atoms with Gasteiger partial charge in [-0.3, -0.25) is 9.69 Å². The molecule has 1 aliphatic carbocycles. The van der Waals surface area contributed by atoms with Gasteiger partial charge in [-0.1, -0.05) is 19.3 Å². The number of amides is 1. The molecule has 0 radical (unpaired) electrons. The molecule has 0 aromatic rings. The van der Waals surface area contributed by atoms with Gasteiger partial charge in [0, 0.05) is 12.6 Å². The summed E-state index contributed by atoms with van der Waals surface area (Å²) < 4.78 is 0. The Hall–Kier alpha value is -0.570. The normalized spacial score (nSPS) is 35.2. The minimum atomic E-state index is 0.0461. The van der Waals surface area contributed by atoms with Crippen LogP contribution in [0, 0.1) is 5.92 Å². The fourth-order valence-electron chi connectivity index (χ4n) is 2.82. The standard InChI is InChI=1S/C12H22N2O/c1-9-12(15)13-11(8-14(9)2)10-6-4-3-5-7-10/h9-11H,3-8H2,1-2H3,(H,13,15). The Balaban J connectivity index is 1.95. The Kier molecular flexibility index (Phi) is 3.29. The lowest BCUT2D eigenvalue weighted by molar-refractivity contribution is -0.130. The van der Waals surface area contributed by atoms with Crippen molar-refractivity contribution >= 4 is 5.91 Å². The molecular weight excluding hydrogens is 188 g/mol. The van der Waals surface area contributed by atoms with Gasteiger partial charge in [-0.15, -0.1) is 0 Å². The maximum Gasteiger partial charge on any atom is 0.237 e. The van der Waals surface area contributed by atoms with Crippen LogP contribution in [-0.4, -0.2) is 36.5 Å². The minimum Gasteiger partial charge on any atom is -0.350 e. The molecule has 1 saturated heterocycles. The fourth-order valence-corrected chi connectivity index (χ4v) is 2.82. The second kappa shape index (κ2) is 4.52. The number of piperazine rings is 1. The van der Waals surface area contributed by atoms with Crippen molar-refractivity contribution in [2.24, 2.45) is 5.92 Å².